The zero-order valence-electron chi connectivity index (χ0n) is 10.6. The Labute approximate surface area is 107 Å². The molecule has 1 rings (SSSR count). The van der Waals surface area contributed by atoms with Crippen LogP contribution in [0.1, 0.15) is 20.3 Å². The summed E-state index contributed by atoms with van der Waals surface area (Å²) >= 11 is 0. The summed E-state index contributed by atoms with van der Waals surface area (Å²) in [5.74, 6) is -0.963. The molecule has 8 heteroatoms. The largest absolute Gasteiger partial charge is 0.464 e. The Hall–Kier alpha value is -1.37. The van der Waals surface area contributed by atoms with E-state index in [-0.39, 0.29) is 6.61 Å². The third kappa shape index (κ3) is 2.90. The van der Waals surface area contributed by atoms with Crippen LogP contribution in [0.25, 0.3) is 0 Å². The number of amides is 1. The molecule has 0 aromatic carbocycles. The lowest BCUT2D eigenvalue weighted by Crippen LogP contribution is -2.57. The van der Waals surface area contributed by atoms with E-state index in [9.17, 15) is 18.4 Å². The van der Waals surface area contributed by atoms with Crippen molar-refractivity contribution in [3.05, 3.63) is 0 Å². The topological polar surface area (TPSA) is 108 Å². The predicted octanol–water partition coefficient (Wildman–Crippen LogP) is -0.987. The van der Waals surface area contributed by atoms with Crippen molar-refractivity contribution in [2.24, 2.45) is 0 Å². The van der Waals surface area contributed by atoms with Gasteiger partial charge in [-0.2, -0.15) is 4.21 Å². The molecule has 18 heavy (non-hydrogen) atoms. The van der Waals surface area contributed by atoms with Crippen LogP contribution in [-0.4, -0.2) is 46.6 Å². The molecule has 0 radical (unpaired) electrons. The summed E-state index contributed by atoms with van der Waals surface area (Å²) in [6, 6.07) is -1.55. The molecule has 0 aromatic rings. The highest BCUT2D eigenvalue weighted by atomic mass is 32.2. The van der Waals surface area contributed by atoms with Crippen molar-refractivity contribution < 1.29 is 18.5 Å². The lowest BCUT2D eigenvalue weighted by molar-refractivity contribution is -0.141. The fourth-order valence-corrected chi connectivity index (χ4v) is 2.20. The van der Waals surface area contributed by atoms with Crippen molar-refractivity contribution >= 4 is 22.3 Å². The van der Waals surface area contributed by atoms with Gasteiger partial charge in [-0.1, -0.05) is 0 Å². The van der Waals surface area contributed by atoms with Crippen LogP contribution < -0.4 is 10.6 Å². The molecule has 1 aliphatic heterocycles. The maximum Gasteiger partial charge on any atom is 0.328 e. The molecule has 0 aliphatic carbocycles. The van der Waals surface area contributed by atoms with Gasteiger partial charge in [0.25, 0.3) is 0 Å². The zero-order chi connectivity index (χ0) is 13.9. The second-order valence-electron chi connectivity index (χ2n) is 4.59. The first-order valence-corrected chi connectivity index (χ1v) is 6.66. The summed E-state index contributed by atoms with van der Waals surface area (Å²) in [5.41, 5.74) is 0. The number of esters is 1. The minimum Gasteiger partial charge on any atom is -0.464 e. The highest BCUT2D eigenvalue weighted by molar-refractivity contribution is 7.72. The van der Waals surface area contributed by atoms with E-state index in [1.807, 2.05) is 0 Å². The number of carbonyl (C=O) groups is 2. The first-order chi connectivity index (χ1) is 8.30. The van der Waals surface area contributed by atoms with Gasteiger partial charge in [-0.15, -0.1) is 4.61 Å². The average Bonchev–Trinajstić information content (AvgIpc) is 2.64. The van der Waals surface area contributed by atoms with Crippen LogP contribution in [0.15, 0.2) is 0 Å². The van der Waals surface area contributed by atoms with Crippen LogP contribution in [0.2, 0.25) is 0 Å². The van der Waals surface area contributed by atoms with Gasteiger partial charge in [-0.3, -0.25) is 4.79 Å². The van der Waals surface area contributed by atoms with Gasteiger partial charge in [-0.05, 0) is 20.9 Å². The molecule has 2 atom stereocenters. The molecule has 1 amide bonds. The second-order valence-corrected chi connectivity index (χ2v) is 6.14. The van der Waals surface area contributed by atoms with Crippen LogP contribution in [0.4, 0.5) is 0 Å². The van der Waals surface area contributed by atoms with E-state index >= 15 is 0 Å². The number of nitrogens with zero attached hydrogens (tertiary/aromatic N) is 1. The zero-order valence-corrected chi connectivity index (χ0v) is 11.4. The fourth-order valence-electron chi connectivity index (χ4n) is 1.78. The third-order valence-electron chi connectivity index (χ3n) is 2.95. The van der Waals surface area contributed by atoms with Gasteiger partial charge in [0, 0.05) is 6.42 Å². The molecule has 0 saturated carbocycles. The standard InChI is InChI=1S/C10H17N3O4S/c1-10(2,18(11)16)7(12-3)8(14)13-6-4-5-17-9(6)15/h6-7,12H,4-5H2,1-3H3,(H,13,14). The van der Waals surface area contributed by atoms with E-state index in [1.54, 1.807) is 0 Å². The van der Waals surface area contributed by atoms with Crippen molar-refractivity contribution in [1.82, 2.24) is 10.6 Å². The molecule has 0 bridgehead atoms. The van der Waals surface area contributed by atoms with Gasteiger partial charge in [0.15, 0.2) is 10.4 Å². The summed E-state index contributed by atoms with van der Waals surface area (Å²) in [4.78, 5) is 23.2. The van der Waals surface area contributed by atoms with E-state index in [0.29, 0.717) is 6.42 Å². The highest BCUT2D eigenvalue weighted by Gasteiger charge is 2.39. The van der Waals surface area contributed by atoms with E-state index in [2.05, 4.69) is 10.6 Å². The number of hydrogen-bond acceptors (Lipinski definition) is 6. The first kappa shape index (κ1) is 14.7. The Morgan fingerprint density at radius 2 is 2.22 bits per heavy atom. The Balaban J connectivity index is 2.78. The van der Waals surface area contributed by atoms with E-state index in [1.165, 1.54) is 20.9 Å². The lowest BCUT2D eigenvalue weighted by atomic mass is 10.0. The molecule has 1 heterocycles. The Morgan fingerprint density at radius 1 is 1.61 bits per heavy atom. The van der Waals surface area contributed by atoms with Crippen molar-refractivity contribution in [1.29, 1.82) is 4.61 Å². The SMILES string of the molecule is CNC(C(=O)NC1CCOC1=O)C(C)(C)S(#N)=O. The number of likely N-dealkylation sites (N-methyl/N-ethyl adjacent to an activating group) is 1. The molecular weight excluding hydrogens is 258 g/mol. The Morgan fingerprint density at radius 3 is 2.61 bits per heavy atom. The van der Waals surface area contributed by atoms with Crippen molar-refractivity contribution in [2.75, 3.05) is 13.7 Å². The fraction of sp³-hybridized carbons (Fsp3) is 0.800. The molecule has 0 spiro atoms. The molecule has 0 aromatic heterocycles. The van der Waals surface area contributed by atoms with Gasteiger partial charge >= 0.3 is 5.97 Å². The summed E-state index contributed by atoms with van der Waals surface area (Å²) in [5, 5.41) is 5.21. The maximum atomic E-state index is 12.0. The van der Waals surface area contributed by atoms with Crippen LogP contribution >= 0.6 is 0 Å². The molecule has 102 valence electrons. The summed E-state index contributed by atoms with van der Waals surface area (Å²) in [6.07, 6.45) is 0.420. The smallest absolute Gasteiger partial charge is 0.328 e. The summed E-state index contributed by atoms with van der Waals surface area (Å²) in [7, 11) is -0.658. The van der Waals surface area contributed by atoms with Crippen LogP contribution in [-0.2, 0) is 24.8 Å². The lowest BCUT2D eigenvalue weighted by Gasteiger charge is -2.27. The van der Waals surface area contributed by atoms with Crippen molar-refractivity contribution in [3.8, 4) is 0 Å². The third-order valence-corrected chi connectivity index (χ3v) is 4.08. The normalized spacial score (nSPS) is 21.2. The molecular formula is C10H17N3O4S. The molecule has 2 unspecified atom stereocenters. The van der Waals surface area contributed by atoms with Gasteiger partial charge in [0.2, 0.25) is 5.91 Å². The Bertz CT molecular complexity index is 470. The number of ether oxygens (including phenoxy) is 1. The number of nitrogens with one attached hydrogen (secondary N) is 2. The number of carbonyl (C=O) groups excluding carboxylic acids is 2. The molecule has 1 aliphatic rings. The maximum absolute atomic E-state index is 12.0. The van der Waals surface area contributed by atoms with Crippen LogP contribution in [0.5, 0.6) is 0 Å². The van der Waals surface area contributed by atoms with E-state index in [0.717, 1.165) is 0 Å². The first-order valence-electron chi connectivity index (χ1n) is 5.56. The van der Waals surface area contributed by atoms with Gasteiger partial charge in [-0.25, -0.2) is 4.79 Å². The number of cyclic esters (lactones) is 1. The van der Waals surface area contributed by atoms with E-state index in [4.69, 9.17) is 4.74 Å². The van der Waals surface area contributed by atoms with Gasteiger partial charge in [0.1, 0.15) is 16.8 Å². The highest BCUT2D eigenvalue weighted by Crippen LogP contribution is 2.15. The number of hydrogen-bond donors (Lipinski definition) is 2. The average molecular weight is 275 g/mol. The summed E-state index contributed by atoms with van der Waals surface area (Å²) in [6.45, 7) is 3.27. The minimum atomic E-state index is -2.18. The molecule has 1 fully saturated rings. The quantitative estimate of drug-likeness (QED) is 0.638. The minimum absolute atomic E-state index is 0.281. The van der Waals surface area contributed by atoms with Crippen molar-refractivity contribution in [2.45, 2.75) is 37.1 Å². The van der Waals surface area contributed by atoms with Crippen LogP contribution in [0, 0.1) is 4.61 Å². The second kappa shape index (κ2) is 5.51. The predicted molar refractivity (Wildman–Crippen MR) is 64.3 cm³/mol. The van der Waals surface area contributed by atoms with Gasteiger partial charge in [0.05, 0.1) is 6.61 Å². The van der Waals surface area contributed by atoms with Gasteiger partial charge < -0.3 is 15.4 Å². The van der Waals surface area contributed by atoms with Crippen molar-refractivity contribution in [3.63, 3.8) is 0 Å². The summed E-state index contributed by atoms with van der Waals surface area (Å²) < 4.78 is 24.0. The van der Waals surface area contributed by atoms with Crippen LogP contribution in [0.3, 0.4) is 0 Å². The molecule has 7 nitrogen and oxygen atoms in total. The Kier molecular flexibility index (Phi) is 4.50. The van der Waals surface area contributed by atoms with E-state index < -0.39 is 39.1 Å². The molecule has 1 saturated heterocycles. The number of rotatable bonds is 4. The monoisotopic (exact) mass is 275 g/mol. The molecule has 2 N–H and O–H groups in total.